The average molecular weight is 486 g/mol. The van der Waals surface area contributed by atoms with Crippen molar-refractivity contribution in [3.8, 4) is 11.3 Å². The third-order valence-corrected chi connectivity index (χ3v) is 7.02. The highest BCUT2D eigenvalue weighted by Gasteiger charge is 2.28. The maximum absolute atomic E-state index is 13.3. The molecule has 0 saturated carbocycles. The molecule has 7 heteroatoms. The lowest BCUT2D eigenvalue weighted by Crippen LogP contribution is -2.53. The number of carbonyl (C=O) groups is 2. The molecule has 0 N–H and O–H groups in total. The van der Waals surface area contributed by atoms with Gasteiger partial charge in [0.05, 0.1) is 5.69 Å². The van der Waals surface area contributed by atoms with Crippen LogP contribution in [0.5, 0.6) is 0 Å². The van der Waals surface area contributed by atoms with E-state index in [1.165, 1.54) is 5.56 Å². The van der Waals surface area contributed by atoms with E-state index in [0.29, 0.717) is 31.7 Å². The summed E-state index contributed by atoms with van der Waals surface area (Å²) < 4.78 is 0. The Labute approximate surface area is 213 Å². The van der Waals surface area contributed by atoms with Gasteiger partial charge in [-0.2, -0.15) is 0 Å². The number of nitrogens with zero attached hydrogens (tertiary/aromatic N) is 5. The van der Waals surface area contributed by atoms with Gasteiger partial charge in [-0.15, -0.1) is 10.2 Å². The molecule has 2 aromatic carbocycles. The molecule has 0 radical (unpaired) electrons. The molecular weight excluding hydrogens is 450 g/mol. The van der Waals surface area contributed by atoms with Gasteiger partial charge in [0.25, 0.3) is 5.91 Å². The number of rotatable bonds is 7. The van der Waals surface area contributed by atoms with E-state index in [-0.39, 0.29) is 24.4 Å². The van der Waals surface area contributed by atoms with Gasteiger partial charge in [0.1, 0.15) is 6.54 Å². The van der Waals surface area contributed by atoms with E-state index in [1.807, 2.05) is 62.1 Å². The average Bonchev–Trinajstić information content (AvgIpc) is 2.92. The van der Waals surface area contributed by atoms with Crippen LogP contribution >= 0.6 is 0 Å². The zero-order valence-corrected chi connectivity index (χ0v) is 21.6. The Morgan fingerprint density at radius 2 is 1.61 bits per heavy atom. The standard InChI is InChI=1S/C29H35N5O2/c1-5-23(4)34(29(36)25-9-7-6-8-22(25)3)20-28(35)33-18-16-32(17-19-33)27-15-14-26(30-31-27)24-12-10-21(2)11-13-24/h6-15,23H,5,16-20H2,1-4H3/t23-/m0/s1. The molecule has 1 aromatic heterocycles. The summed E-state index contributed by atoms with van der Waals surface area (Å²) >= 11 is 0. The number of anilines is 1. The van der Waals surface area contributed by atoms with Gasteiger partial charge in [-0.05, 0) is 51.0 Å². The van der Waals surface area contributed by atoms with E-state index in [1.54, 1.807) is 4.90 Å². The number of piperazine rings is 1. The predicted octanol–water partition coefficient (Wildman–Crippen LogP) is 4.35. The molecule has 2 amide bonds. The Hall–Kier alpha value is -3.74. The van der Waals surface area contributed by atoms with Crippen molar-refractivity contribution in [2.75, 3.05) is 37.6 Å². The summed E-state index contributed by atoms with van der Waals surface area (Å²) in [6, 6.07) is 19.8. The van der Waals surface area contributed by atoms with Crippen LogP contribution in [0.15, 0.2) is 60.7 Å². The Kier molecular flexibility index (Phi) is 7.98. The topological polar surface area (TPSA) is 69.6 Å². The molecule has 1 fully saturated rings. The summed E-state index contributed by atoms with van der Waals surface area (Å²) in [7, 11) is 0. The van der Waals surface area contributed by atoms with Gasteiger partial charge in [-0.3, -0.25) is 9.59 Å². The first kappa shape index (κ1) is 25.4. The second-order valence-electron chi connectivity index (χ2n) is 9.52. The predicted molar refractivity (Wildman–Crippen MR) is 143 cm³/mol. The lowest BCUT2D eigenvalue weighted by Gasteiger charge is -2.37. The lowest BCUT2D eigenvalue weighted by molar-refractivity contribution is -0.132. The molecule has 0 spiro atoms. The summed E-state index contributed by atoms with van der Waals surface area (Å²) in [5, 5.41) is 8.85. The molecule has 0 unspecified atom stereocenters. The molecule has 36 heavy (non-hydrogen) atoms. The van der Waals surface area contributed by atoms with Crippen LogP contribution in [-0.4, -0.2) is 70.6 Å². The SMILES string of the molecule is CC[C@H](C)N(CC(=O)N1CCN(c2ccc(-c3ccc(C)cc3)nn2)CC1)C(=O)c1ccccc1C. The van der Waals surface area contributed by atoms with Crippen LogP contribution in [0.2, 0.25) is 0 Å². The summed E-state index contributed by atoms with van der Waals surface area (Å²) in [6.45, 7) is 10.7. The summed E-state index contributed by atoms with van der Waals surface area (Å²) in [4.78, 5) is 32.2. The van der Waals surface area contributed by atoms with Crippen LogP contribution in [0.4, 0.5) is 5.82 Å². The molecule has 188 valence electrons. The minimum Gasteiger partial charge on any atom is -0.352 e. The van der Waals surface area contributed by atoms with Crippen LogP contribution in [-0.2, 0) is 4.79 Å². The molecule has 1 aliphatic rings. The molecule has 0 aliphatic carbocycles. The molecule has 7 nitrogen and oxygen atoms in total. The molecule has 2 heterocycles. The molecule has 4 rings (SSSR count). The quantitative estimate of drug-likeness (QED) is 0.498. The van der Waals surface area contributed by atoms with Gasteiger partial charge in [-0.25, -0.2) is 0 Å². The van der Waals surface area contributed by atoms with Gasteiger partial charge >= 0.3 is 0 Å². The lowest BCUT2D eigenvalue weighted by atomic mass is 10.1. The van der Waals surface area contributed by atoms with Gasteiger partial charge < -0.3 is 14.7 Å². The van der Waals surface area contributed by atoms with Crippen LogP contribution < -0.4 is 4.90 Å². The van der Waals surface area contributed by atoms with Crippen molar-refractivity contribution < 1.29 is 9.59 Å². The van der Waals surface area contributed by atoms with Gasteiger partial charge in [-0.1, -0.05) is 55.0 Å². The molecule has 1 saturated heterocycles. The number of hydrogen-bond acceptors (Lipinski definition) is 5. The van der Waals surface area contributed by atoms with Crippen molar-refractivity contribution in [2.24, 2.45) is 0 Å². The highest BCUT2D eigenvalue weighted by Crippen LogP contribution is 2.20. The second kappa shape index (κ2) is 11.3. The van der Waals surface area contributed by atoms with E-state index >= 15 is 0 Å². The highest BCUT2D eigenvalue weighted by atomic mass is 16.2. The van der Waals surface area contributed by atoms with Crippen LogP contribution in [0.25, 0.3) is 11.3 Å². The molecule has 1 atom stereocenters. The zero-order chi connectivity index (χ0) is 25.7. The molecule has 3 aromatic rings. The van der Waals surface area contributed by atoms with Gasteiger partial charge in [0, 0.05) is 43.3 Å². The van der Waals surface area contributed by atoms with Crippen molar-refractivity contribution in [1.82, 2.24) is 20.0 Å². The molecular formula is C29H35N5O2. The number of amides is 2. The maximum atomic E-state index is 13.3. The summed E-state index contributed by atoms with van der Waals surface area (Å²) in [6.07, 6.45) is 0.788. The van der Waals surface area contributed by atoms with E-state index in [9.17, 15) is 9.59 Å². The number of carbonyl (C=O) groups excluding carboxylic acids is 2. The number of aromatic nitrogens is 2. The number of aryl methyl sites for hydroxylation is 2. The van der Waals surface area contributed by atoms with Crippen molar-refractivity contribution in [3.05, 3.63) is 77.4 Å². The zero-order valence-electron chi connectivity index (χ0n) is 21.6. The molecule has 0 bridgehead atoms. The Bertz CT molecular complexity index is 1190. The van der Waals surface area contributed by atoms with Crippen LogP contribution in [0, 0.1) is 13.8 Å². The van der Waals surface area contributed by atoms with E-state index in [4.69, 9.17) is 0 Å². The first-order chi connectivity index (χ1) is 17.4. The molecule has 1 aliphatic heterocycles. The van der Waals surface area contributed by atoms with E-state index < -0.39 is 0 Å². The van der Waals surface area contributed by atoms with Crippen molar-refractivity contribution in [2.45, 2.75) is 40.2 Å². The van der Waals surface area contributed by atoms with Crippen molar-refractivity contribution in [1.29, 1.82) is 0 Å². The fraction of sp³-hybridized carbons (Fsp3) is 0.379. The largest absolute Gasteiger partial charge is 0.352 e. The van der Waals surface area contributed by atoms with Crippen molar-refractivity contribution in [3.63, 3.8) is 0 Å². The van der Waals surface area contributed by atoms with E-state index in [2.05, 4.69) is 46.3 Å². The fourth-order valence-electron chi connectivity index (χ4n) is 4.42. The monoisotopic (exact) mass is 485 g/mol. The normalized spacial score (nSPS) is 14.4. The second-order valence-corrected chi connectivity index (χ2v) is 9.52. The Balaban J connectivity index is 1.37. The summed E-state index contributed by atoms with van der Waals surface area (Å²) in [5.74, 6) is 0.713. The third-order valence-electron chi connectivity index (χ3n) is 7.02. The van der Waals surface area contributed by atoms with Crippen LogP contribution in [0.1, 0.15) is 41.8 Å². The maximum Gasteiger partial charge on any atom is 0.254 e. The van der Waals surface area contributed by atoms with Gasteiger partial charge in [0.15, 0.2) is 5.82 Å². The first-order valence-corrected chi connectivity index (χ1v) is 12.7. The van der Waals surface area contributed by atoms with Gasteiger partial charge in [0.2, 0.25) is 5.91 Å². The Morgan fingerprint density at radius 3 is 2.22 bits per heavy atom. The third kappa shape index (κ3) is 5.73. The Morgan fingerprint density at radius 1 is 0.917 bits per heavy atom. The van der Waals surface area contributed by atoms with Crippen molar-refractivity contribution >= 4 is 17.6 Å². The smallest absolute Gasteiger partial charge is 0.254 e. The number of hydrogen-bond donors (Lipinski definition) is 0. The minimum atomic E-state index is -0.0848. The highest BCUT2D eigenvalue weighted by molar-refractivity contribution is 5.98. The first-order valence-electron chi connectivity index (χ1n) is 12.7. The minimum absolute atomic E-state index is 0.0160. The van der Waals surface area contributed by atoms with E-state index in [0.717, 1.165) is 29.1 Å². The van der Waals surface area contributed by atoms with Crippen LogP contribution in [0.3, 0.4) is 0 Å². The number of benzene rings is 2. The fourth-order valence-corrected chi connectivity index (χ4v) is 4.42. The summed E-state index contributed by atoms with van der Waals surface area (Å²) in [5.41, 5.74) is 4.68.